The van der Waals surface area contributed by atoms with Crippen LogP contribution in [0.2, 0.25) is 0 Å². The number of thioether (sulfide) groups is 1. The van der Waals surface area contributed by atoms with Gasteiger partial charge in [0.15, 0.2) is 0 Å². The minimum absolute atomic E-state index is 0.0106. The summed E-state index contributed by atoms with van der Waals surface area (Å²) in [6.45, 7) is 1.74. The van der Waals surface area contributed by atoms with Crippen molar-refractivity contribution in [2.45, 2.75) is 17.0 Å². The first-order chi connectivity index (χ1) is 19.4. The molecule has 1 amide bonds. The molecule has 40 heavy (non-hydrogen) atoms. The summed E-state index contributed by atoms with van der Waals surface area (Å²) >= 11 is 1.15. The number of benzene rings is 3. The molecule has 0 unspecified atom stereocenters. The number of sulfonamides is 1. The van der Waals surface area contributed by atoms with Gasteiger partial charge in [-0.15, -0.1) is 10.2 Å². The zero-order chi connectivity index (χ0) is 28.0. The Labute approximate surface area is 235 Å². The summed E-state index contributed by atoms with van der Waals surface area (Å²) in [5.74, 6) is -0.283. The van der Waals surface area contributed by atoms with Crippen molar-refractivity contribution in [1.82, 2.24) is 25.1 Å². The number of amides is 1. The van der Waals surface area contributed by atoms with Crippen LogP contribution < -0.4 is 10.0 Å². The van der Waals surface area contributed by atoms with Gasteiger partial charge in [-0.3, -0.25) is 4.79 Å². The van der Waals surface area contributed by atoms with E-state index in [2.05, 4.69) is 30.2 Å². The number of carbonyl (C=O) groups is 1. The standard InChI is InChI=1S/C28H23N7O3S2/c1-19-16-17-29-27(30-19)35-40(37,38)23-14-12-22(13-15-23)31-24(36)18-39-28-32-25(20-8-4-2-5-9-20)26(33-34-28)21-10-6-3-7-11-21/h2-17H,18H2,1H3,(H,31,36)(H,29,30,35). The first-order valence-corrected chi connectivity index (χ1v) is 14.5. The van der Waals surface area contributed by atoms with Crippen molar-refractivity contribution in [2.75, 3.05) is 15.8 Å². The molecule has 0 fully saturated rings. The molecule has 5 rings (SSSR count). The Hall–Kier alpha value is -4.68. The fourth-order valence-electron chi connectivity index (χ4n) is 3.68. The maximum Gasteiger partial charge on any atom is 0.264 e. The molecule has 2 heterocycles. The lowest BCUT2D eigenvalue weighted by molar-refractivity contribution is -0.113. The molecule has 0 radical (unpaired) electrons. The van der Waals surface area contributed by atoms with E-state index in [0.717, 1.165) is 22.9 Å². The van der Waals surface area contributed by atoms with Crippen LogP contribution in [0.1, 0.15) is 5.69 Å². The molecule has 10 nitrogen and oxygen atoms in total. The van der Waals surface area contributed by atoms with Crippen LogP contribution in [-0.2, 0) is 14.8 Å². The van der Waals surface area contributed by atoms with Gasteiger partial charge in [0, 0.05) is 28.7 Å². The van der Waals surface area contributed by atoms with Crippen LogP contribution in [0, 0.1) is 6.92 Å². The summed E-state index contributed by atoms with van der Waals surface area (Å²) in [6, 6.07) is 26.8. The van der Waals surface area contributed by atoms with E-state index in [1.165, 1.54) is 30.5 Å². The minimum atomic E-state index is -3.89. The largest absolute Gasteiger partial charge is 0.325 e. The lowest BCUT2D eigenvalue weighted by Gasteiger charge is -2.10. The van der Waals surface area contributed by atoms with Gasteiger partial charge in [-0.1, -0.05) is 72.4 Å². The van der Waals surface area contributed by atoms with Crippen LogP contribution in [0.3, 0.4) is 0 Å². The van der Waals surface area contributed by atoms with Gasteiger partial charge < -0.3 is 5.32 Å². The number of nitrogens with one attached hydrogen (secondary N) is 2. The quantitative estimate of drug-likeness (QED) is 0.239. The summed E-state index contributed by atoms with van der Waals surface area (Å²) in [4.78, 5) is 25.3. The highest BCUT2D eigenvalue weighted by Gasteiger charge is 2.17. The minimum Gasteiger partial charge on any atom is -0.325 e. The Bertz CT molecular complexity index is 1740. The van der Waals surface area contributed by atoms with Gasteiger partial charge in [0.2, 0.25) is 17.0 Å². The second kappa shape index (κ2) is 12.0. The van der Waals surface area contributed by atoms with Gasteiger partial charge in [-0.25, -0.2) is 28.1 Å². The molecule has 12 heteroatoms. The summed E-state index contributed by atoms with van der Waals surface area (Å²) in [7, 11) is -3.89. The van der Waals surface area contributed by atoms with Crippen molar-refractivity contribution in [3.05, 3.63) is 103 Å². The lowest BCUT2D eigenvalue weighted by atomic mass is 10.0. The maximum atomic E-state index is 12.6. The van der Waals surface area contributed by atoms with Crippen molar-refractivity contribution in [3.8, 4) is 22.5 Å². The average molecular weight is 570 g/mol. The molecule has 0 atom stereocenters. The van der Waals surface area contributed by atoms with Crippen LogP contribution in [-0.4, -0.2) is 45.2 Å². The highest BCUT2D eigenvalue weighted by molar-refractivity contribution is 7.99. The number of carbonyl (C=O) groups excluding carboxylic acids is 1. The van der Waals surface area contributed by atoms with Crippen molar-refractivity contribution >= 4 is 39.3 Å². The number of anilines is 2. The van der Waals surface area contributed by atoms with Crippen molar-refractivity contribution < 1.29 is 13.2 Å². The number of hydrogen-bond acceptors (Lipinski definition) is 9. The smallest absolute Gasteiger partial charge is 0.264 e. The van der Waals surface area contributed by atoms with Crippen LogP contribution in [0.25, 0.3) is 22.5 Å². The normalized spacial score (nSPS) is 11.1. The number of aryl methyl sites for hydroxylation is 1. The third-order valence-corrected chi connectivity index (χ3v) is 7.74. The molecular formula is C28H23N7O3S2. The van der Waals surface area contributed by atoms with Gasteiger partial charge in [-0.05, 0) is 37.3 Å². The van der Waals surface area contributed by atoms with E-state index < -0.39 is 10.0 Å². The monoisotopic (exact) mass is 569 g/mol. The topological polar surface area (TPSA) is 140 Å². The number of hydrogen-bond donors (Lipinski definition) is 2. The number of rotatable bonds is 9. The first kappa shape index (κ1) is 26.9. The predicted octanol–water partition coefficient (Wildman–Crippen LogP) is 4.84. The van der Waals surface area contributed by atoms with Crippen LogP contribution in [0.5, 0.6) is 0 Å². The molecule has 0 spiro atoms. The van der Waals surface area contributed by atoms with E-state index in [0.29, 0.717) is 27.9 Å². The van der Waals surface area contributed by atoms with E-state index >= 15 is 0 Å². The van der Waals surface area contributed by atoms with E-state index in [1.54, 1.807) is 13.0 Å². The molecule has 2 aromatic heterocycles. The van der Waals surface area contributed by atoms with Crippen molar-refractivity contribution in [3.63, 3.8) is 0 Å². The molecular weight excluding hydrogens is 546 g/mol. The zero-order valence-corrected chi connectivity index (χ0v) is 22.9. The van der Waals surface area contributed by atoms with Crippen molar-refractivity contribution in [1.29, 1.82) is 0 Å². The van der Waals surface area contributed by atoms with Gasteiger partial charge >= 0.3 is 0 Å². The maximum absolute atomic E-state index is 12.6. The molecule has 5 aromatic rings. The predicted molar refractivity (Wildman–Crippen MR) is 154 cm³/mol. The molecule has 0 aliphatic carbocycles. The molecule has 0 aliphatic heterocycles. The Morgan fingerprint density at radius 2 is 1.45 bits per heavy atom. The van der Waals surface area contributed by atoms with E-state index in [1.807, 2.05) is 60.7 Å². The number of nitrogens with zero attached hydrogens (tertiary/aromatic N) is 5. The molecule has 0 bridgehead atoms. The van der Waals surface area contributed by atoms with Crippen LogP contribution in [0.15, 0.2) is 107 Å². The third kappa shape index (κ3) is 6.65. The Kier molecular flexibility index (Phi) is 8.08. The molecule has 0 saturated carbocycles. The Morgan fingerprint density at radius 1 is 0.800 bits per heavy atom. The second-order valence-corrected chi connectivity index (χ2v) is 11.1. The SMILES string of the molecule is Cc1ccnc(NS(=O)(=O)c2ccc(NC(=O)CSc3nnc(-c4ccccc4)c(-c4ccccc4)n3)cc2)n1. The summed E-state index contributed by atoms with van der Waals surface area (Å²) < 4.78 is 27.6. The first-order valence-electron chi connectivity index (χ1n) is 12.1. The van der Waals surface area contributed by atoms with Gasteiger partial charge in [0.25, 0.3) is 10.0 Å². The number of aromatic nitrogens is 5. The average Bonchev–Trinajstić information content (AvgIpc) is 2.97. The van der Waals surface area contributed by atoms with E-state index in [9.17, 15) is 13.2 Å². The van der Waals surface area contributed by atoms with Crippen LogP contribution in [0.4, 0.5) is 11.6 Å². The Balaban J connectivity index is 1.24. The van der Waals surface area contributed by atoms with Gasteiger partial charge in [0.05, 0.1) is 10.6 Å². The van der Waals surface area contributed by atoms with Gasteiger partial charge in [0.1, 0.15) is 11.4 Å². The van der Waals surface area contributed by atoms with Gasteiger partial charge in [-0.2, -0.15) is 0 Å². The van der Waals surface area contributed by atoms with Crippen molar-refractivity contribution in [2.24, 2.45) is 0 Å². The molecule has 2 N–H and O–H groups in total. The second-order valence-electron chi connectivity index (χ2n) is 8.51. The zero-order valence-electron chi connectivity index (χ0n) is 21.2. The molecule has 3 aromatic carbocycles. The Morgan fingerprint density at radius 3 is 2.10 bits per heavy atom. The third-order valence-electron chi connectivity index (χ3n) is 5.56. The fourth-order valence-corrected chi connectivity index (χ4v) is 5.22. The molecule has 0 saturated heterocycles. The lowest BCUT2D eigenvalue weighted by Crippen LogP contribution is -2.16. The summed E-state index contributed by atoms with van der Waals surface area (Å²) in [5, 5.41) is 11.8. The fraction of sp³-hybridized carbons (Fsp3) is 0.0714. The summed E-state index contributed by atoms with van der Waals surface area (Å²) in [5.41, 5.74) is 4.18. The highest BCUT2D eigenvalue weighted by Crippen LogP contribution is 2.29. The van der Waals surface area contributed by atoms with E-state index in [4.69, 9.17) is 4.98 Å². The van der Waals surface area contributed by atoms with E-state index in [-0.39, 0.29) is 22.5 Å². The summed E-state index contributed by atoms with van der Waals surface area (Å²) in [6.07, 6.45) is 1.47. The molecule has 200 valence electrons. The van der Waals surface area contributed by atoms with Crippen LogP contribution >= 0.6 is 11.8 Å². The molecule has 0 aliphatic rings. The highest BCUT2D eigenvalue weighted by atomic mass is 32.2.